The van der Waals surface area contributed by atoms with E-state index in [2.05, 4.69) is 37.9 Å². The number of rotatable bonds is 4. The zero-order chi connectivity index (χ0) is 14.1. The van der Waals surface area contributed by atoms with Gasteiger partial charge in [0.05, 0.1) is 0 Å². The standard InChI is InChI=1S/C11H22N4O2S/c1-8(7-11(2,3)4)6-9-13-14-10(15(9)5)18(12,16)17/h8H,6-7H2,1-5H3,(H2,12,16,17). The van der Waals surface area contributed by atoms with Crippen molar-refractivity contribution in [1.29, 1.82) is 0 Å². The zero-order valence-corrected chi connectivity index (χ0v) is 12.5. The van der Waals surface area contributed by atoms with E-state index in [9.17, 15) is 8.42 Å². The van der Waals surface area contributed by atoms with Crippen LogP contribution in [0, 0.1) is 11.3 Å². The molecule has 0 spiro atoms. The molecule has 104 valence electrons. The second kappa shape index (κ2) is 4.97. The highest BCUT2D eigenvalue weighted by Gasteiger charge is 2.21. The van der Waals surface area contributed by atoms with Gasteiger partial charge in [-0.2, -0.15) is 0 Å². The third kappa shape index (κ3) is 4.06. The lowest BCUT2D eigenvalue weighted by molar-refractivity contribution is 0.302. The summed E-state index contributed by atoms with van der Waals surface area (Å²) < 4.78 is 23.9. The first-order valence-electron chi connectivity index (χ1n) is 5.92. The summed E-state index contributed by atoms with van der Waals surface area (Å²) in [5, 5.41) is 12.4. The third-order valence-electron chi connectivity index (χ3n) is 2.67. The lowest BCUT2D eigenvalue weighted by Gasteiger charge is -2.22. The van der Waals surface area contributed by atoms with Crippen molar-refractivity contribution in [2.75, 3.05) is 0 Å². The van der Waals surface area contributed by atoms with Gasteiger partial charge in [-0.1, -0.05) is 27.7 Å². The fourth-order valence-corrected chi connectivity index (χ4v) is 2.84. The van der Waals surface area contributed by atoms with E-state index in [4.69, 9.17) is 5.14 Å². The van der Waals surface area contributed by atoms with Gasteiger partial charge >= 0.3 is 0 Å². The summed E-state index contributed by atoms with van der Waals surface area (Å²) in [5.74, 6) is 1.05. The van der Waals surface area contributed by atoms with E-state index in [1.54, 1.807) is 7.05 Å². The number of nitrogens with zero attached hydrogens (tertiary/aromatic N) is 3. The number of primary sulfonamides is 1. The van der Waals surface area contributed by atoms with E-state index < -0.39 is 10.0 Å². The van der Waals surface area contributed by atoms with Gasteiger partial charge in [-0.15, -0.1) is 10.2 Å². The van der Waals surface area contributed by atoms with Crippen LogP contribution in [-0.2, 0) is 23.5 Å². The molecule has 0 aliphatic rings. The summed E-state index contributed by atoms with van der Waals surface area (Å²) in [6.07, 6.45) is 1.72. The molecule has 1 unspecified atom stereocenters. The molecule has 6 nitrogen and oxygen atoms in total. The summed E-state index contributed by atoms with van der Waals surface area (Å²) in [7, 11) is -2.17. The quantitative estimate of drug-likeness (QED) is 0.889. The number of aromatic nitrogens is 3. The van der Waals surface area contributed by atoms with Gasteiger partial charge in [0, 0.05) is 13.5 Å². The van der Waals surface area contributed by atoms with Crippen LogP contribution in [0.3, 0.4) is 0 Å². The average molecular weight is 274 g/mol. The van der Waals surface area contributed by atoms with Gasteiger partial charge in [-0.3, -0.25) is 0 Å². The summed E-state index contributed by atoms with van der Waals surface area (Å²) in [4.78, 5) is 0. The Labute approximate surface area is 109 Å². The normalized spacial score (nSPS) is 14.8. The number of hydrogen-bond donors (Lipinski definition) is 1. The molecule has 1 rings (SSSR count). The van der Waals surface area contributed by atoms with Crippen molar-refractivity contribution >= 4 is 10.0 Å². The topological polar surface area (TPSA) is 90.9 Å². The largest absolute Gasteiger partial charge is 0.304 e. The minimum Gasteiger partial charge on any atom is -0.304 e. The number of sulfonamides is 1. The Morgan fingerprint density at radius 2 is 1.89 bits per heavy atom. The molecular weight excluding hydrogens is 252 g/mol. The summed E-state index contributed by atoms with van der Waals surface area (Å²) in [6, 6.07) is 0. The second-order valence-electron chi connectivity index (χ2n) is 6.08. The molecule has 7 heteroatoms. The molecule has 1 aromatic rings. The fourth-order valence-electron chi connectivity index (χ4n) is 2.20. The van der Waals surface area contributed by atoms with Crippen molar-refractivity contribution < 1.29 is 8.42 Å². The van der Waals surface area contributed by atoms with Gasteiger partial charge in [0.25, 0.3) is 15.2 Å². The molecule has 0 aliphatic heterocycles. The van der Waals surface area contributed by atoms with Gasteiger partial charge < -0.3 is 4.57 Å². The first kappa shape index (κ1) is 15.1. The van der Waals surface area contributed by atoms with Crippen LogP contribution < -0.4 is 5.14 Å². The maximum atomic E-state index is 11.2. The molecule has 0 fully saturated rings. The van der Waals surface area contributed by atoms with Crippen molar-refractivity contribution in [3.05, 3.63) is 5.82 Å². The van der Waals surface area contributed by atoms with Crippen molar-refractivity contribution in [3.63, 3.8) is 0 Å². The Balaban J connectivity index is 2.85. The van der Waals surface area contributed by atoms with Crippen LogP contribution in [-0.4, -0.2) is 23.2 Å². The molecule has 0 bridgehead atoms. The Bertz CT molecular complexity index is 514. The van der Waals surface area contributed by atoms with Crippen molar-refractivity contribution in [1.82, 2.24) is 14.8 Å². The molecule has 18 heavy (non-hydrogen) atoms. The summed E-state index contributed by atoms with van der Waals surface area (Å²) in [6.45, 7) is 8.65. The van der Waals surface area contributed by atoms with Crippen LogP contribution in [0.5, 0.6) is 0 Å². The van der Waals surface area contributed by atoms with Gasteiger partial charge in [0.2, 0.25) is 0 Å². The highest BCUT2D eigenvalue weighted by Crippen LogP contribution is 2.26. The number of nitrogens with two attached hydrogens (primary N) is 1. The van der Waals surface area contributed by atoms with Crippen LogP contribution in [0.2, 0.25) is 0 Å². The Morgan fingerprint density at radius 1 is 1.33 bits per heavy atom. The maximum absolute atomic E-state index is 11.2. The van der Waals surface area contributed by atoms with Crippen molar-refractivity contribution in [2.45, 2.75) is 45.7 Å². The minimum atomic E-state index is -3.79. The third-order valence-corrected chi connectivity index (χ3v) is 3.54. The lowest BCUT2D eigenvalue weighted by atomic mass is 9.84. The predicted octanol–water partition coefficient (Wildman–Crippen LogP) is 1.08. The molecular formula is C11H22N4O2S. The summed E-state index contributed by atoms with van der Waals surface area (Å²) >= 11 is 0. The molecule has 0 saturated heterocycles. The SMILES string of the molecule is CC(Cc1nnc(S(N)(=O)=O)n1C)CC(C)(C)C. The van der Waals surface area contributed by atoms with Crippen LogP contribution in [0.4, 0.5) is 0 Å². The summed E-state index contributed by atoms with van der Waals surface area (Å²) in [5.41, 5.74) is 0.237. The van der Waals surface area contributed by atoms with E-state index in [0.717, 1.165) is 6.42 Å². The average Bonchev–Trinajstić information content (AvgIpc) is 2.43. The molecule has 2 N–H and O–H groups in total. The van der Waals surface area contributed by atoms with Gasteiger partial charge in [0.1, 0.15) is 5.82 Å². The zero-order valence-electron chi connectivity index (χ0n) is 11.6. The first-order valence-corrected chi connectivity index (χ1v) is 7.46. The van der Waals surface area contributed by atoms with Crippen molar-refractivity contribution in [2.24, 2.45) is 23.5 Å². The fraction of sp³-hybridized carbons (Fsp3) is 0.818. The van der Waals surface area contributed by atoms with Crippen LogP contribution in [0.25, 0.3) is 0 Å². The van der Waals surface area contributed by atoms with E-state index in [1.165, 1.54) is 4.57 Å². The highest BCUT2D eigenvalue weighted by atomic mass is 32.2. The molecule has 1 atom stereocenters. The molecule has 0 saturated carbocycles. The molecule has 1 aromatic heterocycles. The van der Waals surface area contributed by atoms with Crippen LogP contribution in [0.1, 0.15) is 39.9 Å². The number of hydrogen-bond acceptors (Lipinski definition) is 4. The van der Waals surface area contributed by atoms with E-state index in [1.807, 2.05) is 0 Å². The van der Waals surface area contributed by atoms with Crippen LogP contribution >= 0.6 is 0 Å². The molecule has 0 aromatic carbocycles. The van der Waals surface area contributed by atoms with Gasteiger partial charge in [0.15, 0.2) is 0 Å². The maximum Gasteiger partial charge on any atom is 0.273 e. The molecule has 0 amide bonds. The van der Waals surface area contributed by atoms with Gasteiger partial charge in [-0.05, 0) is 17.8 Å². The molecule has 1 heterocycles. The highest BCUT2D eigenvalue weighted by molar-refractivity contribution is 7.89. The Kier molecular flexibility index (Phi) is 4.17. The van der Waals surface area contributed by atoms with E-state index in [-0.39, 0.29) is 10.6 Å². The first-order chi connectivity index (χ1) is 8.00. The van der Waals surface area contributed by atoms with E-state index >= 15 is 0 Å². The van der Waals surface area contributed by atoms with E-state index in [0.29, 0.717) is 18.2 Å². The second-order valence-corrected chi connectivity index (χ2v) is 7.53. The Morgan fingerprint density at radius 3 is 2.28 bits per heavy atom. The van der Waals surface area contributed by atoms with Crippen LogP contribution in [0.15, 0.2) is 5.16 Å². The predicted molar refractivity (Wildman–Crippen MR) is 69.3 cm³/mol. The minimum absolute atomic E-state index is 0.180. The lowest BCUT2D eigenvalue weighted by Crippen LogP contribution is -2.19. The monoisotopic (exact) mass is 274 g/mol. The van der Waals surface area contributed by atoms with Gasteiger partial charge in [-0.25, -0.2) is 13.6 Å². The molecule has 0 radical (unpaired) electrons. The molecule has 0 aliphatic carbocycles. The Hall–Kier alpha value is -0.950. The smallest absolute Gasteiger partial charge is 0.273 e. The van der Waals surface area contributed by atoms with Crippen molar-refractivity contribution in [3.8, 4) is 0 Å².